The number of rotatable bonds is 6. The maximum Gasteiger partial charge on any atom is 0.252 e. The van der Waals surface area contributed by atoms with Gasteiger partial charge in [-0.2, -0.15) is 5.26 Å². The lowest BCUT2D eigenvalue weighted by atomic mass is 9.33. The molecular formula is C71H63BN4. The fourth-order valence-electron chi connectivity index (χ4n) is 14.6. The topological polar surface area (TPSA) is 33.5 Å². The third kappa shape index (κ3) is 6.95. The summed E-state index contributed by atoms with van der Waals surface area (Å²) >= 11 is 0. The SMILES string of the molecule is CC1(C)Cc2cc3c(cc2C1)N(c1ccc(C(C)(C)C)cc1-c1ccccc1)c1cc(N2c4ccc(C#N)cc4C4(C)CCCC24C)cc2c1B3c1ccc(-c3ccccc3)cc1N2c1cccc(-c2ccccc2)c1. The molecule has 1 fully saturated rings. The fourth-order valence-corrected chi connectivity index (χ4v) is 14.6. The molecule has 0 aromatic heterocycles. The Morgan fingerprint density at radius 3 is 1.79 bits per heavy atom. The van der Waals surface area contributed by atoms with Crippen molar-refractivity contribution in [2.75, 3.05) is 14.7 Å². The zero-order chi connectivity index (χ0) is 51.9. The molecule has 0 spiro atoms. The molecule has 3 aliphatic heterocycles. The Balaban J connectivity index is 1.13. The van der Waals surface area contributed by atoms with Gasteiger partial charge in [-0.3, -0.25) is 0 Å². The summed E-state index contributed by atoms with van der Waals surface area (Å²) in [5, 5.41) is 10.4. The first-order chi connectivity index (χ1) is 36.7. The number of anilines is 8. The first-order valence-electron chi connectivity index (χ1n) is 27.6. The van der Waals surface area contributed by atoms with Crippen LogP contribution in [-0.4, -0.2) is 12.3 Å². The monoisotopic (exact) mass is 983 g/mol. The van der Waals surface area contributed by atoms with E-state index in [4.69, 9.17) is 0 Å². The second-order valence-corrected chi connectivity index (χ2v) is 24.7. The van der Waals surface area contributed by atoms with Crippen LogP contribution in [0.1, 0.15) is 95.5 Å². The Kier molecular flexibility index (Phi) is 10.2. The van der Waals surface area contributed by atoms with Crippen molar-refractivity contribution in [2.24, 2.45) is 5.41 Å². The van der Waals surface area contributed by atoms with E-state index < -0.39 is 0 Å². The Morgan fingerprint density at radius 2 is 1.11 bits per heavy atom. The van der Waals surface area contributed by atoms with E-state index in [-0.39, 0.29) is 28.5 Å². The minimum absolute atomic E-state index is 0.0573. The number of nitrogens with zero attached hydrogens (tertiary/aromatic N) is 4. The van der Waals surface area contributed by atoms with E-state index in [1.54, 1.807) is 0 Å². The minimum atomic E-state index is -0.248. The van der Waals surface area contributed by atoms with Crippen LogP contribution in [0.25, 0.3) is 33.4 Å². The van der Waals surface area contributed by atoms with Crippen LogP contribution < -0.4 is 31.1 Å². The van der Waals surface area contributed by atoms with E-state index in [2.05, 4.69) is 257 Å². The van der Waals surface area contributed by atoms with E-state index in [1.165, 1.54) is 112 Å². The van der Waals surface area contributed by atoms with Crippen molar-refractivity contribution < 1.29 is 0 Å². The highest BCUT2D eigenvalue weighted by molar-refractivity contribution is 7.00. The highest BCUT2D eigenvalue weighted by Gasteiger charge is 2.60. The quantitative estimate of drug-likeness (QED) is 0.156. The Labute approximate surface area is 450 Å². The lowest BCUT2D eigenvalue weighted by Crippen LogP contribution is -2.61. The Bertz CT molecular complexity index is 3880. The molecule has 2 unspecified atom stereocenters. The number of hydrogen-bond acceptors (Lipinski definition) is 4. The van der Waals surface area contributed by atoms with Crippen LogP contribution in [0.4, 0.5) is 45.5 Å². The largest absolute Gasteiger partial charge is 0.334 e. The summed E-state index contributed by atoms with van der Waals surface area (Å²) in [6.07, 6.45) is 5.32. The van der Waals surface area contributed by atoms with E-state index >= 15 is 0 Å². The van der Waals surface area contributed by atoms with Gasteiger partial charge in [-0.15, -0.1) is 0 Å². The van der Waals surface area contributed by atoms with Gasteiger partial charge in [0.2, 0.25) is 0 Å². The zero-order valence-electron chi connectivity index (χ0n) is 44.9. The highest BCUT2D eigenvalue weighted by atomic mass is 15.3. The van der Waals surface area contributed by atoms with Gasteiger partial charge in [0.05, 0.1) is 22.9 Å². The smallest absolute Gasteiger partial charge is 0.252 e. The average molecular weight is 983 g/mol. The summed E-state index contributed by atoms with van der Waals surface area (Å²) in [7, 11) is 0. The van der Waals surface area contributed by atoms with Gasteiger partial charge in [0.1, 0.15) is 0 Å². The standard InChI is InChI=1S/C71H63BN4/c1-68(2,3)54-29-32-61(57(40-54)49-23-15-10-16-24-49)75-64-39-53-44-69(4,5)43-52(53)37-60(64)72-59-30-28-51(48-21-13-9-14-22-48)38-63(59)74(55-26-17-25-50(36-55)47-19-11-8-12-20-47)65-41-56(42-66(75)67(65)72)76-62-31-27-46(45-73)35-58(62)70(6)33-18-34-71(70,76)7/h8-17,19-32,35-42H,18,33-34,43-44H2,1-7H3. The molecule has 370 valence electrons. The maximum absolute atomic E-state index is 10.4. The van der Waals surface area contributed by atoms with Crippen LogP contribution in [0.15, 0.2) is 194 Å². The molecule has 5 heteroatoms. The van der Waals surface area contributed by atoms with Crippen LogP contribution >= 0.6 is 0 Å². The van der Waals surface area contributed by atoms with Gasteiger partial charge in [0.15, 0.2) is 0 Å². The van der Waals surface area contributed by atoms with Gasteiger partial charge in [0.25, 0.3) is 6.71 Å². The molecule has 14 rings (SSSR count). The number of fused-ring (bicyclic) bond motifs is 8. The van der Waals surface area contributed by atoms with E-state index in [1.807, 2.05) is 6.07 Å². The van der Waals surface area contributed by atoms with Gasteiger partial charge in [0, 0.05) is 50.8 Å². The summed E-state index contributed by atoms with van der Waals surface area (Å²) < 4.78 is 0. The average Bonchev–Trinajstić information content (AvgIpc) is 4.17. The zero-order valence-corrected chi connectivity index (χ0v) is 44.9. The molecular weight excluding hydrogens is 920 g/mol. The van der Waals surface area contributed by atoms with Gasteiger partial charge < -0.3 is 14.7 Å². The van der Waals surface area contributed by atoms with Gasteiger partial charge in [-0.1, -0.05) is 175 Å². The molecule has 0 amide bonds. The summed E-state index contributed by atoms with van der Waals surface area (Å²) in [4.78, 5) is 8.00. The predicted molar refractivity (Wildman–Crippen MR) is 320 cm³/mol. The van der Waals surface area contributed by atoms with Gasteiger partial charge in [-0.25, -0.2) is 0 Å². The van der Waals surface area contributed by atoms with Crippen molar-refractivity contribution in [1.82, 2.24) is 0 Å². The van der Waals surface area contributed by atoms with Gasteiger partial charge >= 0.3 is 0 Å². The molecule has 2 atom stereocenters. The van der Waals surface area contributed by atoms with Crippen LogP contribution in [0.5, 0.6) is 0 Å². The van der Waals surface area contributed by atoms with Crippen molar-refractivity contribution in [3.63, 3.8) is 0 Å². The predicted octanol–water partition coefficient (Wildman–Crippen LogP) is 16.4. The molecule has 3 heterocycles. The van der Waals surface area contributed by atoms with Crippen molar-refractivity contribution in [3.8, 4) is 39.4 Å². The highest BCUT2D eigenvalue weighted by Crippen LogP contribution is 2.63. The van der Waals surface area contributed by atoms with Crippen LogP contribution in [0.3, 0.4) is 0 Å². The third-order valence-electron chi connectivity index (χ3n) is 18.5. The van der Waals surface area contributed by atoms with Crippen molar-refractivity contribution >= 4 is 68.6 Å². The van der Waals surface area contributed by atoms with Crippen LogP contribution in [0, 0.1) is 16.7 Å². The maximum atomic E-state index is 10.4. The second-order valence-electron chi connectivity index (χ2n) is 24.7. The van der Waals surface area contributed by atoms with Crippen molar-refractivity contribution in [3.05, 3.63) is 222 Å². The Hall–Kier alpha value is -8.07. The van der Waals surface area contributed by atoms with Crippen LogP contribution in [0.2, 0.25) is 0 Å². The molecule has 5 aliphatic rings. The van der Waals surface area contributed by atoms with Gasteiger partial charge in [-0.05, 0) is 177 Å². The first kappa shape index (κ1) is 46.5. The molecule has 2 aliphatic carbocycles. The molecule has 9 aromatic rings. The lowest BCUT2D eigenvalue weighted by Gasteiger charge is -2.47. The molecule has 1 saturated carbocycles. The molecule has 76 heavy (non-hydrogen) atoms. The normalized spacial score (nSPS) is 19.3. The lowest BCUT2D eigenvalue weighted by molar-refractivity contribution is 0.330. The van der Waals surface area contributed by atoms with Crippen LogP contribution in [-0.2, 0) is 23.7 Å². The van der Waals surface area contributed by atoms with E-state index in [0.717, 1.165) is 43.4 Å². The summed E-state index contributed by atoms with van der Waals surface area (Å²) in [6, 6.07) is 75.9. The van der Waals surface area contributed by atoms with Crippen molar-refractivity contribution in [1.29, 1.82) is 5.26 Å². The first-order valence-corrected chi connectivity index (χ1v) is 27.6. The van der Waals surface area contributed by atoms with Crippen molar-refractivity contribution in [2.45, 2.75) is 96.9 Å². The molecule has 9 aromatic carbocycles. The fraction of sp³-hybridized carbons (Fsp3) is 0.225. The van der Waals surface area contributed by atoms with E-state index in [9.17, 15) is 5.26 Å². The number of benzene rings is 9. The summed E-state index contributed by atoms with van der Waals surface area (Å²) in [5.74, 6) is 0. The third-order valence-corrected chi connectivity index (χ3v) is 18.5. The molecule has 0 bridgehead atoms. The molecule has 4 nitrogen and oxygen atoms in total. The molecule has 0 N–H and O–H groups in total. The molecule has 0 radical (unpaired) electrons. The number of nitriles is 1. The molecule has 0 saturated heterocycles. The summed E-state index contributed by atoms with van der Waals surface area (Å²) in [6.45, 7) is 16.8. The van der Waals surface area contributed by atoms with E-state index in [0.29, 0.717) is 0 Å². The second kappa shape index (κ2) is 16.7. The minimum Gasteiger partial charge on any atom is -0.334 e. The Morgan fingerprint density at radius 1 is 0.487 bits per heavy atom. The number of hydrogen-bond donors (Lipinski definition) is 0. The summed E-state index contributed by atoms with van der Waals surface area (Å²) in [5.41, 5.74) is 26.6.